The van der Waals surface area contributed by atoms with Crippen molar-refractivity contribution in [2.24, 2.45) is 11.7 Å². The van der Waals surface area contributed by atoms with Gasteiger partial charge in [0, 0.05) is 24.0 Å². The second-order valence-electron chi connectivity index (χ2n) is 5.38. The number of para-hydroxylation sites is 1. The quantitative estimate of drug-likeness (QED) is 0.802. The summed E-state index contributed by atoms with van der Waals surface area (Å²) in [5.74, 6) is 1.36. The number of carbonyl (C=O) groups excluding carboxylic acids is 1. The topological polar surface area (TPSA) is 77.2 Å². The molecular formula is C16H20ClN3O2S. The molecule has 0 saturated heterocycles. The minimum Gasteiger partial charge on any atom is -0.493 e. The molecule has 3 N–H and O–H groups in total. The van der Waals surface area contributed by atoms with Gasteiger partial charge in [-0.3, -0.25) is 4.79 Å². The van der Waals surface area contributed by atoms with E-state index in [9.17, 15) is 4.79 Å². The number of rotatable bonds is 7. The fraction of sp³-hybridized carbons (Fsp3) is 0.375. The Bertz CT molecular complexity index is 658. The third-order valence-electron chi connectivity index (χ3n) is 3.54. The fourth-order valence-corrected chi connectivity index (χ4v) is 2.71. The van der Waals surface area contributed by atoms with Crippen LogP contribution in [0.4, 0.5) is 0 Å². The van der Waals surface area contributed by atoms with Gasteiger partial charge in [0.2, 0.25) is 0 Å². The van der Waals surface area contributed by atoms with Gasteiger partial charge in [-0.15, -0.1) is 23.7 Å². The minimum absolute atomic E-state index is 0. The Morgan fingerprint density at radius 1 is 1.39 bits per heavy atom. The highest BCUT2D eigenvalue weighted by molar-refractivity contribution is 7.09. The Morgan fingerprint density at radius 2 is 2.17 bits per heavy atom. The lowest BCUT2D eigenvalue weighted by Crippen LogP contribution is -2.23. The number of carbonyl (C=O) groups is 1. The number of halogens is 1. The number of benzene rings is 1. The molecule has 7 heteroatoms. The molecule has 0 bridgehead atoms. The largest absolute Gasteiger partial charge is 0.493 e. The number of amides is 1. The molecule has 0 atom stereocenters. The van der Waals surface area contributed by atoms with E-state index in [1.807, 2.05) is 24.3 Å². The zero-order valence-electron chi connectivity index (χ0n) is 12.7. The van der Waals surface area contributed by atoms with Gasteiger partial charge >= 0.3 is 0 Å². The van der Waals surface area contributed by atoms with E-state index >= 15 is 0 Å². The zero-order chi connectivity index (χ0) is 15.4. The number of nitrogens with zero attached hydrogens (tertiary/aromatic N) is 1. The summed E-state index contributed by atoms with van der Waals surface area (Å²) in [5.41, 5.74) is 6.91. The van der Waals surface area contributed by atoms with Crippen molar-refractivity contribution >= 4 is 29.7 Å². The molecule has 2 aromatic rings. The highest BCUT2D eigenvalue weighted by Crippen LogP contribution is 2.30. The maximum Gasteiger partial charge on any atom is 0.271 e. The van der Waals surface area contributed by atoms with Crippen LogP contribution in [0.1, 0.15) is 33.9 Å². The predicted octanol–water partition coefficient (Wildman–Crippen LogP) is 2.74. The van der Waals surface area contributed by atoms with E-state index in [1.54, 1.807) is 5.38 Å². The first-order valence-corrected chi connectivity index (χ1v) is 8.27. The molecule has 1 aliphatic rings. The number of hydrogen-bond donors (Lipinski definition) is 2. The van der Waals surface area contributed by atoms with Gasteiger partial charge in [-0.1, -0.05) is 18.2 Å². The van der Waals surface area contributed by atoms with Crippen LogP contribution in [0.5, 0.6) is 5.75 Å². The molecule has 1 aromatic carbocycles. The number of thiazole rings is 1. The Balaban J connectivity index is 0.00000192. The summed E-state index contributed by atoms with van der Waals surface area (Å²) in [6.07, 6.45) is 2.51. The van der Waals surface area contributed by atoms with Gasteiger partial charge in [0.25, 0.3) is 5.91 Å². The Hall–Kier alpha value is -1.63. The van der Waals surface area contributed by atoms with E-state index in [1.165, 1.54) is 24.2 Å². The van der Waals surface area contributed by atoms with E-state index in [4.69, 9.17) is 10.5 Å². The summed E-state index contributed by atoms with van der Waals surface area (Å²) >= 11 is 1.40. The second kappa shape index (κ2) is 8.29. The third kappa shape index (κ3) is 4.92. The average molecular weight is 354 g/mol. The molecule has 1 fully saturated rings. The lowest BCUT2D eigenvalue weighted by atomic mass is 10.2. The van der Waals surface area contributed by atoms with Crippen LogP contribution in [-0.2, 0) is 13.1 Å². The number of nitrogens with one attached hydrogen (secondary N) is 1. The molecular weight excluding hydrogens is 334 g/mol. The summed E-state index contributed by atoms with van der Waals surface area (Å²) in [7, 11) is 0. The van der Waals surface area contributed by atoms with E-state index < -0.39 is 0 Å². The van der Waals surface area contributed by atoms with Crippen molar-refractivity contribution in [1.29, 1.82) is 0 Å². The zero-order valence-corrected chi connectivity index (χ0v) is 14.3. The SMILES string of the molecule is Cl.NCc1nc(C(=O)NCc2ccccc2OCC2CC2)cs1. The van der Waals surface area contributed by atoms with Gasteiger partial charge < -0.3 is 15.8 Å². The highest BCUT2D eigenvalue weighted by atomic mass is 35.5. The van der Waals surface area contributed by atoms with E-state index in [-0.39, 0.29) is 18.3 Å². The maximum atomic E-state index is 12.1. The number of nitrogens with two attached hydrogens (primary N) is 1. The first-order valence-electron chi connectivity index (χ1n) is 7.39. The molecule has 3 rings (SSSR count). The van der Waals surface area contributed by atoms with Gasteiger partial charge in [-0.2, -0.15) is 0 Å². The van der Waals surface area contributed by atoms with Gasteiger partial charge in [0.15, 0.2) is 0 Å². The van der Waals surface area contributed by atoms with Crippen LogP contribution in [0.15, 0.2) is 29.6 Å². The van der Waals surface area contributed by atoms with Crippen LogP contribution in [-0.4, -0.2) is 17.5 Å². The van der Waals surface area contributed by atoms with Gasteiger partial charge in [0.05, 0.1) is 6.61 Å². The van der Waals surface area contributed by atoms with E-state index in [0.717, 1.165) is 22.9 Å². The second-order valence-corrected chi connectivity index (χ2v) is 6.32. The summed E-state index contributed by atoms with van der Waals surface area (Å²) in [6.45, 7) is 1.54. The summed E-state index contributed by atoms with van der Waals surface area (Å²) in [6, 6.07) is 7.80. The van der Waals surface area contributed by atoms with Crippen molar-refractivity contribution in [1.82, 2.24) is 10.3 Å². The summed E-state index contributed by atoms with van der Waals surface area (Å²) in [5, 5.41) is 5.37. The normalized spacial score (nSPS) is 13.3. The summed E-state index contributed by atoms with van der Waals surface area (Å²) in [4.78, 5) is 16.3. The number of aromatic nitrogens is 1. The molecule has 1 heterocycles. The third-order valence-corrected chi connectivity index (χ3v) is 4.41. The van der Waals surface area contributed by atoms with Crippen molar-refractivity contribution < 1.29 is 9.53 Å². The standard InChI is InChI=1S/C16H19N3O2S.ClH/c17-7-15-19-13(10-22-15)16(20)18-8-12-3-1-2-4-14(12)21-9-11-5-6-11;/h1-4,10-11H,5-9,17H2,(H,18,20);1H. The molecule has 5 nitrogen and oxygen atoms in total. The van der Waals surface area contributed by atoms with Crippen molar-refractivity contribution in [3.05, 3.63) is 45.9 Å². The average Bonchev–Trinajstić information content (AvgIpc) is 3.25. The van der Waals surface area contributed by atoms with Crippen molar-refractivity contribution in [2.75, 3.05) is 6.61 Å². The van der Waals surface area contributed by atoms with Crippen LogP contribution < -0.4 is 15.8 Å². The van der Waals surface area contributed by atoms with Crippen LogP contribution >= 0.6 is 23.7 Å². The van der Waals surface area contributed by atoms with Crippen molar-refractivity contribution in [3.63, 3.8) is 0 Å². The monoisotopic (exact) mass is 353 g/mol. The molecule has 1 aromatic heterocycles. The van der Waals surface area contributed by atoms with E-state index in [2.05, 4.69) is 10.3 Å². The fourth-order valence-electron chi connectivity index (χ4n) is 2.06. The molecule has 1 saturated carbocycles. The molecule has 1 amide bonds. The summed E-state index contributed by atoms with van der Waals surface area (Å²) < 4.78 is 5.84. The lowest BCUT2D eigenvalue weighted by Gasteiger charge is -2.11. The molecule has 0 aliphatic heterocycles. The lowest BCUT2D eigenvalue weighted by molar-refractivity contribution is 0.0946. The molecule has 124 valence electrons. The minimum atomic E-state index is -0.187. The van der Waals surface area contributed by atoms with Crippen LogP contribution in [0, 0.1) is 5.92 Å². The molecule has 23 heavy (non-hydrogen) atoms. The van der Waals surface area contributed by atoms with Gasteiger partial charge in [-0.05, 0) is 24.8 Å². The van der Waals surface area contributed by atoms with Crippen molar-refractivity contribution in [2.45, 2.75) is 25.9 Å². The Labute approximate surface area is 145 Å². The van der Waals surface area contributed by atoms with Gasteiger partial charge in [0.1, 0.15) is 16.5 Å². The number of hydrogen-bond acceptors (Lipinski definition) is 5. The molecule has 0 radical (unpaired) electrons. The maximum absolute atomic E-state index is 12.1. The molecule has 0 unspecified atom stereocenters. The molecule has 0 spiro atoms. The molecule has 1 aliphatic carbocycles. The predicted molar refractivity (Wildman–Crippen MR) is 93.1 cm³/mol. The van der Waals surface area contributed by atoms with Crippen LogP contribution in [0.3, 0.4) is 0 Å². The first kappa shape index (κ1) is 17.7. The highest BCUT2D eigenvalue weighted by Gasteiger charge is 2.22. The van der Waals surface area contributed by atoms with Gasteiger partial charge in [-0.25, -0.2) is 4.98 Å². The smallest absolute Gasteiger partial charge is 0.271 e. The number of ether oxygens (including phenoxy) is 1. The van der Waals surface area contributed by atoms with Crippen molar-refractivity contribution in [3.8, 4) is 5.75 Å². The Morgan fingerprint density at radius 3 is 2.87 bits per heavy atom. The van der Waals surface area contributed by atoms with E-state index in [0.29, 0.717) is 24.7 Å². The first-order chi connectivity index (χ1) is 10.8. The Kier molecular flexibility index (Phi) is 6.38. The van der Waals surface area contributed by atoms with Crippen LogP contribution in [0.25, 0.3) is 0 Å². The van der Waals surface area contributed by atoms with Crippen LogP contribution in [0.2, 0.25) is 0 Å².